The van der Waals surface area contributed by atoms with Crippen LogP contribution in [0.3, 0.4) is 0 Å². The van der Waals surface area contributed by atoms with E-state index in [4.69, 9.17) is 4.98 Å². The third-order valence-electron chi connectivity index (χ3n) is 6.16. The molecule has 144 valence electrons. The van der Waals surface area contributed by atoms with Gasteiger partial charge in [0.05, 0.1) is 5.52 Å². The molecule has 30 heavy (non-hydrogen) atoms. The number of benzene rings is 3. The quantitative estimate of drug-likeness (QED) is 0.244. The monoisotopic (exact) mass is 387 g/mol. The maximum absolute atomic E-state index is 4.85. The molecule has 0 bridgehead atoms. The molecule has 0 atom stereocenters. The Labute approximate surface area is 174 Å². The maximum atomic E-state index is 4.85. The van der Waals surface area contributed by atoms with Crippen LogP contribution in [0.4, 0.5) is 0 Å². The lowest BCUT2D eigenvalue weighted by Crippen LogP contribution is -1.98. The first-order valence-electron chi connectivity index (χ1n) is 10.2. The first kappa shape index (κ1) is 17.0. The molecular formula is C27H21N3. The molecule has 0 fully saturated rings. The molecule has 0 spiro atoms. The van der Waals surface area contributed by atoms with E-state index in [0.29, 0.717) is 0 Å². The first-order chi connectivity index (χ1) is 14.7. The Morgan fingerprint density at radius 2 is 1.13 bits per heavy atom. The zero-order chi connectivity index (χ0) is 20.2. The molecule has 0 unspecified atom stereocenters. The van der Waals surface area contributed by atoms with Crippen molar-refractivity contribution in [2.75, 3.05) is 0 Å². The van der Waals surface area contributed by atoms with Crippen LogP contribution in [-0.2, 0) is 14.1 Å². The van der Waals surface area contributed by atoms with Crippen molar-refractivity contribution in [3.05, 3.63) is 91.4 Å². The molecule has 6 aromatic rings. The first-order valence-corrected chi connectivity index (χ1v) is 10.2. The number of para-hydroxylation sites is 1. The van der Waals surface area contributed by atoms with Gasteiger partial charge in [-0.25, -0.2) is 0 Å². The minimum Gasteiger partial charge on any atom is -0.351 e. The third kappa shape index (κ3) is 2.29. The summed E-state index contributed by atoms with van der Waals surface area (Å²) in [6.07, 6.45) is 6.28. The van der Waals surface area contributed by atoms with Gasteiger partial charge in [0.25, 0.3) is 0 Å². The van der Waals surface area contributed by atoms with Crippen molar-refractivity contribution in [1.82, 2.24) is 14.1 Å². The highest BCUT2D eigenvalue weighted by Gasteiger charge is 2.20. The van der Waals surface area contributed by atoms with Crippen LogP contribution in [0.15, 0.2) is 91.4 Å². The van der Waals surface area contributed by atoms with Crippen LogP contribution in [0.25, 0.3) is 55.0 Å². The van der Waals surface area contributed by atoms with Gasteiger partial charge in [0.1, 0.15) is 0 Å². The second-order valence-corrected chi connectivity index (χ2v) is 7.87. The van der Waals surface area contributed by atoms with Gasteiger partial charge < -0.3 is 9.13 Å². The predicted octanol–water partition coefficient (Wildman–Crippen LogP) is 6.55. The van der Waals surface area contributed by atoms with Crippen molar-refractivity contribution >= 4 is 32.4 Å². The number of hydrogen-bond acceptors (Lipinski definition) is 1. The van der Waals surface area contributed by atoms with Crippen molar-refractivity contribution in [3.63, 3.8) is 0 Å². The number of aryl methyl sites for hydroxylation is 2. The molecule has 0 aliphatic rings. The highest BCUT2D eigenvalue weighted by molar-refractivity contribution is 6.26. The molecule has 3 aromatic carbocycles. The summed E-state index contributed by atoms with van der Waals surface area (Å²) in [5, 5.41) is 6.15. The molecule has 3 nitrogen and oxygen atoms in total. The Morgan fingerprint density at radius 1 is 0.567 bits per heavy atom. The van der Waals surface area contributed by atoms with Crippen LogP contribution in [0.2, 0.25) is 0 Å². The van der Waals surface area contributed by atoms with E-state index < -0.39 is 0 Å². The summed E-state index contributed by atoms with van der Waals surface area (Å²) in [5.74, 6) is 0. The number of pyridine rings is 1. The number of aromatic nitrogens is 3. The topological polar surface area (TPSA) is 22.8 Å². The highest BCUT2D eigenvalue weighted by Crippen LogP contribution is 2.45. The number of rotatable bonds is 2. The SMILES string of the molecule is Cn1cccc1-c1c2ccccc2c(-c2cccn2C)c2c1cnc1ccccc12. The lowest BCUT2D eigenvalue weighted by molar-refractivity contribution is 0.938. The van der Waals surface area contributed by atoms with Crippen LogP contribution in [0, 0.1) is 0 Å². The van der Waals surface area contributed by atoms with E-state index in [1.807, 2.05) is 0 Å². The zero-order valence-corrected chi connectivity index (χ0v) is 17.0. The van der Waals surface area contributed by atoms with Crippen molar-refractivity contribution < 1.29 is 0 Å². The molecule has 0 amide bonds. The number of fused-ring (bicyclic) bond motifs is 4. The Kier molecular flexibility index (Phi) is 3.59. The molecular weight excluding hydrogens is 366 g/mol. The normalized spacial score (nSPS) is 11.7. The average Bonchev–Trinajstić information content (AvgIpc) is 3.39. The molecule has 0 N–H and O–H groups in total. The van der Waals surface area contributed by atoms with Gasteiger partial charge in [0.2, 0.25) is 0 Å². The summed E-state index contributed by atoms with van der Waals surface area (Å²) in [7, 11) is 4.22. The minimum absolute atomic E-state index is 1.02. The predicted molar refractivity (Wildman–Crippen MR) is 126 cm³/mol. The van der Waals surface area contributed by atoms with Gasteiger partial charge in [0, 0.05) is 71.4 Å². The van der Waals surface area contributed by atoms with Gasteiger partial charge in [0.15, 0.2) is 0 Å². The smallest absolute Gasteiger partial charge is 0.0708 e. The molecule has 0 aliphatic heterocycles. The van der Waals surface area contributed by atoms with Crippen LogP contribution in [0.5, 0.6) is 0 Å². The van der Waals surface area contributed by atoms with Crippen LogP contribution < -0.4 is 0 Å². The summed E-state index contributed by atoms with van der Waals surface area (Å²) in [6.45, 7) is 0. The molecule has 3 heteroatoms. The largest absolute Gasteiger partial charge is 0.351 e. The van der Waals surface area contributed by atoms with Crippen LogP contribution in [0.1, 0.15) is 0 Å². The van der Waals surface area contributed by atoms with Crippen molar-refractivity contribution in [2.45, 2.75) is 0 Å². The van der Waals surface area contributed by atoms with Gasteiger partial charge in [-0.05, 0) is 41.1 Å². The Balaban J connectivity index is 1.96. The molecule has 0 aliphatic carbocycles. The highest BCUT2D eigenvalue weighted by atomic mass is 14.9. The van der Waals surface area contributed by atoms with Gasteiger partial charge >= 0.3 is 0 Å². The molecule has 0 saturated carbocycles. The molecule has 3 aromatic heterocycles. The Hall–Kier alpha value is -3.85. The van der Waals surface area contributed by atoms with Crippen molar-refractivity contribution in [2.24, 2.45) is 14.1 Å². The summed E-state index contributed by atoms with van der Waals surface area (Å²) in [5.41, 5.74) is 5.94. The van der Waals surface area contributed by atoms with Crippen molar-refractivity contribution in [1.29, 1.82) is 0 Å². The van der Waals surface area contributed by atoms with E-state index in [1.54, 1.807) is 0 Å². The molecule has 0 saturated heterocycles. The van der Waals surface area contributed by atoms with Gasteiger partial charge in [-0.15, -0.1) is 0 Å². The van der Waals surface area contributed by atoms with E-state index in [2.05, 4.69) is 115 Å². The third-order valence-corrected chi connectivity index (χ3v) is 6.16. The standard InChI is InChI=1S/C27H21N3/c1-29-15-7-13-23(29)25-18-9-3-4-10-19(18)27(24-14-8-16-30(24)2)26-20-11-5-6-12-22(20)28-17-21(25)26/h3-17H,1-2H3. The van der Waals surface area contributed by atoms with Gasteiger partial charge in [-0.2, -0.15) is 0 Å². The Bertz CT molecular complexity index is 1570. The second-order valence-electron chi connectivity index (χ2n) is 7.87. The van der Waals surface area contributed by atoms with E-state index in [1.165, 1.54) is 49.4 Å². The molecule has 3 heterocycles. The van der Waals surface area contributed by atoms with Gasteiger partial charge in [-0.1, -0.05) is 42.5 Å². The summed E-state index contributed by atoms with van der Waals surface area (Å²) < 4.78 is 4.40. The average molecular weight is 387 g/mol. The summed E-state index contributed by atoms with van der Waals surface area (Å²) in [4.78, 5) is 4.85. The minimum atomic E-state index is 1.02. The summed E-state index contributed by atoms with van der Waals surface area (Å²) in [6, 6.07) is 25.8. The second kappa shape index (κ2) is 6.33. The lowest BCUT2D eigenvalue weighted by Gasteiger charge is -2.19. The van der Waals surface area contributed by atoms with Gasteiger partial charge in [-0.3, -0.25) is 4.98 Å². The van der Waals surface area contributed by atoms with E-state index in [0.717, 1.165) is 5.52 Å². The number of nitrogens with zero attached hydrogens (tertiary/aromatic N) is 3. The van der Waals surface area contributed by atoms with E-state index >= 15 is 0 Å². The fourth-order valence-electron chi connectivity index (χ4n) is 4.78. The van der Waals surface area contributed by atoms with Crippen molar-refractivity contribution in [3.8, 4) is 22.5 Å². The van der Waals surface area contributed by atoms with Crippen LogP contribution >= 0.6 is 0 Å². The fourth-order valence-corrected chi connectivity index (χ4v) is 4.78. The Morgan fingerprint density at radius 3 is 1.77 bits per heavy atom. The zero-order valence-electron chi connectivity index (χ0n) is 17.0. The maximum Gasteiger partial charge on any atom is 0.0708 e. The molecule has 0 radical (unpaired) electrons. The van der Waals surface area contributed by atoms with E-state index in [9.17, 15) is 0 Å². The number of hydrogen-bond donors (Lipinski definition) is 0. The fraction of sp³-hybridized carbons (Fsp3) is 0.0741. The lowest BCUT2D eigenvalue weighted by atomic mass is 9.88. The molecule has 6 rings (SSSR count). The van der Waals surface area contributed by atoms with E-state index in [-0.39, 0.29) is 0 Å². The van der Waals surface area contributed by atoms with Crippen LogP contribution in [-0.4, -0.2) is 14.1 Å². The summed E-state index contributed by atoms with van der Waals surface area (Å²) >= 11 is 0.